The normalized spacial score (nSPS) is 13.0. The molecule has 0 saturated heterocycles. The Morgan fingerprint density at radius 2 is 2.33 bits per heavy atom. The van der Waals surface area contributed by atoms with E-state index < -0.39 is 0 Å². The van der Waals surface area contributed by atoms with Gasteiger partial charge in [0.1, 0.15) is 0 Å². The van der Waals surface area contributed by atoms with E-state index in [2.05, 4.69) is 5.92 Å². The van der Waals surface area contributed by atoms with Gasteiger partial charge in [0.05, 0.1) is 0 Å². The molecule has 0 aromatic rings. The molecule has 0 atom stereocenters. The fraction of sp³-hybridized carbons (Fsp3) is 0.143. The van der Waals surface area contributed by atoms with Crippen LogP contribution in [-0.2, 0) is 0 Å². The van der Waals surface area contributed by atoms with E-state index in [0.29, 0.717) is 10.7 Å². The molecule has 0 aromatic carbocycles. The number of rotatable bonds is 1. The maximum atomic E-state index is 5.50. The van der Waals surface area contributed by atoms with Crippen molar-refractivity contribution in [2.75, 3.05) is 0 Å². The van der Waals surface area contributed by atoms with E-state index in [1.54, 1.807) is 13.0 Å². The fourth-order valence-electron chi connectivity index (χ4n) is 0.253. The van der Waals surface area contributed by atoms with Crippen LogP contribution in [0.5, 0.6) is 0 Å². The predicted octanol–water partition coefficient (Wildman–Crippen LogP) is 1.60. The summed E-state index contributed by atoms with van der Waals surface area (Å²) in [6.07, 6.45) is 8.01. The molecule has 2 N–H and O–H groups in total. The second kappa shape index (κ2) is 4.05. The van der Waals surface area contributed by atoms with Gasteiger partial charge in [0.25, 0.3) is 0 Å². The highest BCUT2D eigenvalue weighted by Crippen LogP contribution is 2.02. The molecule has 2 heteroatoms. The van der Waals surface area contributed by atoms with Gasteiger partial charge in [0, 0.05) is 10.7 Å². The lowest BCUT2D eigenvalue weighted by molar-refractivity contribution is 1.37. The molecule has 1 nitrogen and oxygen atoms in total. The van der Waals surface area contributed by atoms with Crippen molar-refractivity contribution < 1.29 is 0 Å². The average molecular weight is 142 g/mol. The van der Waals surface area contributed by atoms with E-state index in [0.717, 1.165) is 0 Å². The van der Waals surface area contributed by atoms with Crippen LogP contribution in [0.4, 0.5) is 0 Å². The Morgan fingerprint density at radius 3 is 2.67 bits per heavy atom. The van der Waals surface area contributed by atoms with E-state index in [4.69, 9.17) is 23.8 Å². The van der Waals surface area contributed by atoms with Crippen LogP contribution in [0.25, 0.3) is 0 Å². The van der Waals surface area contributed by atoms with Crippen LogP contribution in [0, 0.1) is 12.3 Å². The van der Waals surface area contributed by atoms with Gasteiger partial charge in [-0.3, -0.25) is 0 Å². The van der Waals surface area contributed by atoms with Gasteiger partial charge in [-0.2, -0.15) is 0 Å². The summed E-state index contributed by atoms with van der Waals surface area (Å²) in [4.78, 5) is 0. The Bertz CT molecular complexity index is 180. The van der Waals surface area contributed by atoms with Gasteiger partial charge in [0.2, 0.25) is 0 Å². The molecule has 0 bridgehead atoms. The van der Waals surface area contributed by atoms with Gasteiger partial charge in [-0.15, -0.1) is 6.42 Å². The van der Waals surface area contributed by atoms with Crippen molar-refractivity contribution in [3.8, 4) is 12.3 Å². The summed E-state index contributed by atoms with van der Waals surface area (Å²) < 4.78 is 0. The second-order valence-corrected chi connectivity index (χ2v) is 2.06. The van der Waals surface area contributed by atoms with Crippen LogP contribution in [0.1, 0.15) is 6.92 Å². The highest BCUT2D eigenvalue weighted by molar-refractivity contribution is 6.29. The topological polar surface area (TPSA) is 26.0 Å². The Balaban J connectivity index is 4.11. The first kappa shape index (κ1) is 8.13. The number of allylic oxidation sites excluding steroid dienone is 3. The SMILES string of the molecule is C#C/C=C\C(N)=C(/C)Cl. The first-order valence-corrected chi connectivity index (χ1v) is 2.80. The molecule has 0 rings (SSSR count). The molecule has 0 saturated carbocycles. The van der Waals surface area contributed by atoms with Gasteiger partial charge in [0.15, 0.2) is 0 Å². The molecule has 9 heavy (non-hydrogen) atoms. The van der Waals surface area contributed by atoms with Crippen molar-refractivity contribution in [3.63, 3.8) is 0 Å². The van der Waals surface area contributed by atoms with Crippen LogP contribution in [0.3, 0.4) is 0 Å². The largest absolute Gasteiger partial charge is 0.398 e. The molecular formula is C7H8ClN. The molecule has 0 radical (unpaired) electrons. The summed E-state index contributed by atoms with van der Waals surface area (Å²) in [6.45, 7) is 1.71. The van der Waals surface area contributed by atoms with Crippen molar-refractivity contribution in [2.45, 2.75) is 6.92 Å². The monoisotopic (exact) mass is 141 g/mol. The summed E-state index contributed by atoms with van der Waals surface area (Å²) in [5, 5.41) is 0.557. The standard InChI is InChI=1S/C7H8ClN/c1-3-4-5-7(9)6(2)8/h1,4-5H,9H2,2H3/b5-4-,7-6-. The molecule has 0 aliphatic carbocycles. The van der Waals surface area contributed by atoms with Crippen molar-refractivity contribution in [2.24, 2.45) is 5.73 Å². The highest BCUT2D eigenvalue weighted by atomic mass is 35.5. The molecule has 0 amide bonds. The molecule has 0 aliphatic heterocycles. The summed E-state index contributed by atoms with van der Waals surface area (Å²) in [5.74, 6) is 2.30. The molecule has 0 aliphatic rings. The summed E-state index contributed by atoms with van der Waals surface area (Å²) in [7, 11) is 0. The minimum absolute atomic E-state index is 0.509. The Hall–Kier alpha value is -0.870. The number of hydrogen-bond donors (Lipinski definition) is 1. The molecule has 0 heterocycles. The number of hydrogen-bond acceptors (Lipinski definition) is 1. The van der Waals surface area contributed by atoms with E-state index >= 15 is 0 Å². The third-order valence-electron chi connectivity index (χ3n) is 0.757. The van der Waals surface area contributed by atoms with Crippen molar-refractivity contribution in [1.29, 1.82) is 0 Å². The number of halogens is 1. The fourth-order valence-corrected chi connectivity index (χ4v) is 0.316. The van der Waals surface area contributed by atoms with Crippen LogP contribution in [0.15, 0.2) is 22.9 Å². The van der Waals surface area contributed by atoms with Crippen LogP contribution in [0.2, 0.25) is 0 Å². The van der Waals surface area contributed by atoms with Crippen LogP contribution < -0.4 is 5.73 Å². The molecular weight excluding hydrogens is 134 g/mol. The lowest BCUT2D eigenvalue weighted by atomic mass is 10.4. The van der Waals surface area contributed by atoms with Crippen molar-refractivity contribution in [3.05, 3.63) is 22.9 Å². The zero-order valence-corrected chi connectivity index (χ0v) is 5.94. The smallest absolute Gasteiger partial charge is 0.0465 e. The third-order valence-corrected chi connectivity index (χ3v) is 0.975. The average Bonchev–Trinajstić information content (AvgIpc) is 1.82. The highest BCUT2D eigenvalue weighted by Gasteiger charge is 1.84. The minimum Gasteiger partial charge on any atom is -0.398 e. The Kier molecular flexibility index (Phi) is 3.66. The first-order valence-electron chi connectivity index (χ1n) is 2.43. The summed E-state index contributed by atoms with van der Waals surface area (Å²) in [6, 6.07) is 0. The summed E-state index contributed by atoms with van der Waals surface area (Å²) in [5.41, 5.74) is 5.88. The van der Waals surface area contributed by atoms with Gasteiger partial charge >= 0.3 is 0 Å². The van der Waals surface area contributed by atoms with Crippen molar-refractivity contribution in [1.82, 2.24) is 0 Å². The van der Waals surface area contributed by atoms with Gasteiger partial charge in [-0.05, 0) is 19.1 Å². The van der Waals surface area contributed by atoms with Crippen LogP contribution >= 0.6 is 11.6 Å². The van der Waals surface area contributed by atoms with Gasteiger partial charge in [-0.25, -0.2) is 0 Å². The zero-order chi connectivity index (χ0) is 7.28. The lowest BCUT2D eigenvalue weighted by Gasteiger charge is -1.89. The summed E-state index contributed by atoms with van der Waals surface area (Å²) >= 11 is 5.50. The van der Waals surface area contributed by atoms with Gasteiger partial charge in [-0.1, -0.05) is 17.5 Å². The van der Waals surface area contributed by atoms with E-state index in [1.165, 1.54) is 6.08 Å². The van der Waals surface area contributed by atoms with E-state index in [9.17, 15) is 0 Å². The predicted molar refractivity (Wildman–Crippen MR) is 40.7 cm³/mol. The molecule has 0 unspecified atom stereocenters. The third kappa shape index (κ3) is 3.69. The quantitative estimate of drug-likeness (QED) is 0.436. The van der Waals surface area contributed by atoms with Crippen LogP contribution in [-0.4, -0.2) is 0 Å². The zero-order valence-electron chi connectivity index (χ0n) is 5.19. The first-order chi connectivity index (χ1) is 4.18. The molecule has 0 fully saturated rings. The maximum absolute atomic E-state index is 5.50. The minimum atomic E-state index is 0.509. The maximum Gasteiger partial charge on any atom is 0.0465 e. The molecule has 48 valence electrons. The Morgan fingerprint density at radius 1 is 1.78 bits per heavy atom. The second-order valence-electron chi connectivity index (χ2n) is 1.49. The van der Waals surface area contributed by atoms with E-state index in [-0.39, 0.29) is 0 Å². The van der Waals surface area contributed by atoms with Crippen molar-refractivity contribution >= 4 is 11.6 Å². The lowest BCUT2D eigenvalue weighted by Crippen LogP contribution is -1.93. The Labute approximate surface area is 60.2 Å². The molecule has 0 spiro atoms. The molecule has 0 aromatic heterocycles. The van der Waals surface area contributed by atoms with E-state index in [1.807, 2.05) is 0 Å². The number of nitrogens with two attached hydrogens (primary N) is 1. The van der Waals surface area contributed by atoms with Gasteiger partial charge < -0.3 is 5.73 Å². The number of terminal acetylenes is 1.